The fraction of sp³-hybridized carbons (Fsp3) is 0.562. The highest BCUT2D eigenvalue weighted by molar-refractivity contribution is 5.78. The van der Waals surface area contributed by atoms with E-state index >= 15 is 0 Å². The summed E-state index contributed by atoms with van der Waals surface area (Å²) >= 11 is 0. The Labute approximate surface area is 131 Å². The van der Waals surface area contributed by atoms with Crippen LogP contribution in [0.3, 0.4) is 0 Å². The Morgan fingerprint density at radius 1 is 1.23 bits per heavy atom. The summed E-state index contributed by atoms with van der Waals surface area (Å²) in [4.78, 5) is 16.2. The van der Waals surface area contributed by atoms with Crippen molar-refractivity contribution in [2.45, 2.75) is 6.54 Å². The minimum Gasteiger partial charge on any atom is -0.486 e. The van der Waals surface area contributed by atoms with E-state index in [1.165, 1.54) is 0 Å². The fourth-order valence-corrected chi connectivity index (χ4v) is 2.80. The highest BCUT2D eigenvalue weighted by Gasteiger charge is 2.18. The number of ether oxygens (including phenoxy) is 2. The third-order valence-corrected chi connectivity index (χ3v) is 3.93. The van der Waals surface area contributed by atoms with Gasteiger partial charge in [-0.25, -0.2) is 0 Å². The number of carbonyl (C=O) groups excluding carboxylic acids is 1. The number of fused-ring (bicyclic) bond motifs is 1. The molecule has 120 valence electrons. The molecule has 0 spiro atoms. The first kappa shape index (κ1) is 15.1. The van der Waals surface area contributed by atoms with Gasteiger partial charge in [0.15, 0.2) is 11.5 Å². The summed E-state index contributed by atoms with van der Waals surface area (Å²) in [5, 5.41) is 3.26. The van der Waals surface area contributed by atoms with Crippen LogP contribution in [0.5, 0.6) is 11.5 Å². The molecule has 0 aliphatic carbocycles. The molecule has 0 aromatic heterocycles. The van der Waals surface area contributed by atoms with Gasteiger partial charge in [-0.15, -0.1) is 0 Å². The van der Waals surface area contributed by atoms with E-state index in [2.05, 4.69) is 5.32 Å². The molecule has 22 heavy (non-hydrogen) atoms. The van der Waals surface area contributed by atoms with Crippen LogP contribution in [0.25, 0.3) is 0 Å². The minimum atomic E-state index is 0.196. The van der Waals surface area contributed by atoms with Crippen molar-refractivity contribution < 1.29 is 14.3 Å². The molecule has 2 aliphatic heterocycles. The van der Waals surface area contributed by atoms with Crippen molar-refractivity contribution in [2.24, 2.45) is 0 Å². The van der Waals surface area contributed by atoms with Gasteiger partial charge in [0.25, 0.3) is 0 Å². The second-order valence-corrected chi connectivity index (χ2v) is 5.78. The number of carbonyl (C=O) groups is 1. The molecular weight excluding hydrogens is 282 g/mol. The van der Waals surface area contributed by atoms with Crippen LogP contribution >= 0.6 is 0 Å². The van der Waals surface area contributed by atoms with E-state index in [9.17, 15) is 4.79 Å². The van der Waals surface area contributed by atoms with Crippen molar-refractivity contribution in [3.8, 4) is 11.5 Å². The number of hydrogen-bond acceptors (Lipinski definition) is 5. The van der Waals surface area contributed by atoms with Gasteiger partial charge < -0.3 is 19.7 Å². The highest BCUT2D eigenvalue weighted by atomic mass is 16.6. The zero-order valence-electron chi connectivity index (χ0n) is 13.0. The molecule has 0 bridgehead atoms. The van der Waals surface area contributed by atoms with Crippen molar-refractivity contribution in [2.75, 3.05) is 53.0 Å². The lowest BCUT2D eigenvalue weighted by molar-refractivity contribution is -0.132. The van der Waals surface area contributed by atoms with E-state index in [-0.39, 0.29) is 5.91 Å². The van der Waals surface area contributed by atoms with E-state index in [0.717, 1.165) is 43.2 Å². The molecule has 0 radical (unpaired) electrons. The van der Waals surface area contributed by atoms with Crippen LogP contribution in [0, 0.1) is 0 Å². The zero-order valence-corrected chi connectivity index (χ0v) is 13.0. The molecule has 1 aromatic carbocycles. The third kappa shape index (κ3) is 3.69. The van der Waals surface area contributed by atoms with Gasteiger partial charge in [-0.05, 0) is 24.7 Å². The summed E-state index contributed by atoms with van der Waals surface area (Å²) in [6.45, 7) is 5.73. The second-order valence-electron chi connectivity index (χ2n) is 5.78. The van der Waals surface area contributed by atoms with Crippen molar-refractivity contribution in [3.63, 3.8) is 0 Å². The van der Waals surface area contributed by atoms with Crippen LogP contribution in [-0.4, -0.2) is 68.7 Å². The van der Waals surface area contributed by atoms with Gasteiger partial charge in [-0.1, -0.05) is 6.07 Å². The van der Waals surface area contributed by atoms with E-state index in [4.69, 9.17) is 9.47 Å². The first-order valence-electron chi connectivity index (χ1n) is 7.78. The van der Waals surface area contributed by atoms with Gasteiger partial charge >= 0.3 is 0 Å². The molecule has 1 N–H and O–H groups in total. The number of nitrogens with one attached hydrogen (secondary N) is 1. The quantitative estimate of drug-likeness (QED) is 0.868. The number of rotatable bonds is 4. The summed E-state index contributed by atoms with van der Waals surface area (Å²) in [6.07, 6.45) is 0. The molecule has 3 rings (SSSR count). The molecule has 0 saturated carbocycles. The van der Waals surface area contributed by atoms with Crippen LogP contribution in [0.2, 0.25) is 0 Å². The predicted molar refractivity (Wildman–Crippen MR) is 83.2 cm³/mol. The Hall–Kier alpha value is -1.79. The molecule has 1 saturated heterocycles. The van der Waals surface area contributed by atoms with Crippen LogP contribution in [0.1, 0.15) is 5.56 Å². The smallest absolute Gasteiger partial charge is 0.236 e. The summed E-state index contributed by atoms with van der Waals surface area (Å²) in [6, 6.07) is 5.97. The molecule has 1 aromatic rings. The summed E-state index contributed by atoms with van der Waals surface area (Å²) in [5.41, 5.74) is 1.12. The van der Waals surface area contributed by atoms with Gasteiger partial charge in [0.1, 0.15) is 13.2 Å². The van der Waals surface area contributed by atoms with E-state index < -0.39 is 0 Å². The molecule has 1 fully saturated rings. The topological polar surface area (TPSA) is 54.0 Å². The van der Waals surface area contributed by atoms with Crippen molar-refractivity contribution >= 4 is 5.91 Å². The van der Waals surface area contributed by atoms with E-state index in [0.29, 0.717) is 26.3 Å². The van der Waals surface area contributed by atoms with Gasteiger partial charge in [-0.2, -0.15) is 0 Å². The number of amides is 1. The van der Waals surface area contributed by atoms with Gasteiger partial charge in [0, 0.05) is 32.7 Å². The molecule has 0 atom stereocenters. The number of hydrogen-bond donors (Lipinski definition) is 1. The Kier molecular flexibility index (Phi) is 4.80. The number of piperazine rings is 1. The normalized spacial score (nSPS) is 17.6. The lowest BCUT2D eigenvalue weighted by atomic mass is 10.2. The Morgan fingerprint density at radius 2 is 1.95 bits per heavy atom. The molecule has 1 amide bonds. The lowest BCUT2D eigenvalue weighted by Gasteiger charge is -2.29. The summed E-state index contributed by atoms with van der Waals surface area (Å²) in [7, 11) is 1.97. The van der Waals surface area contributed by atoms with Crippen molar-refractivity contribution in [3.05, 3.63) is 23.8 Å². The van der Waals surface area contributed by atoms with E-state index in [1.807, 2.05) is 35.0 Å². The minimum absolute atomic E-state index is 0.196. The Morgan fingerprint density at radius 3 is 2.73 bits per heavy atom. The van der Waals surface area contributed by atoms with Crippen LogP contribution in [-0.2, 0) is 11.3 Å². The average molecular weight is 305 g/mol. The number of likely N-dealkylation sites (N-methyl/N-ethyl adjacent to an activating group) is 1. The molecule has 0 unspecified atom stereocenters. The van der Waals surface area contributed by atoms with Crippen molar-refractivity contribution in [1.82, 2.24) is 15.1 Å². The standard InChI is InChI=1S/C16H23N3O3/c1-18(12-16(20)19-6-4-17-5-7-19)11-13-2-3-14-15(10-13)22-9-8-21-14/h2-3,10,17H,4-9,11-12H2,1H3. The molecular formula is C16H23N3O3. The maximum atomic E-state index is 12.2. The largest absolute Gasteiger partial charge is 0.486 e. The monoisotopic (exact) mass is 305 g/mol. The summed E-state index contributed by atoms with van der Waals surface area (Å²) < 4.78 is 11.1. The second kappa shape index (κ2) is 6.98. The Balaban J connectivity index is 1.54. The maximum absolute atomic E-state index is 12.2. The SMILES string of the molecule is CN(CC(=O)N1CCNCC1)Cc1ccc2c(c1)OCCO2. The lowest BCUT2D eigenvalue weighted by Crippen LogP contribution is -2.49. The molecule has 2 heterocycles. The number of nitrogens with zero attached hydrogens (tertiary/aromatic N) is 2. The van der Waals surface area contributed by atoms with Crippen LogP contribution in [0.4, 0.5) is 0 Å². The van der Waals surface area contributed by atoms with Gasteiger partial charge in [0.05, 0.1) is 6.54 Å². The third-order valence-electron chi connectivity index (χ3n) is 3.93. The molecule has 6 nitrogen and oxygen atoms in total. The molecule has 2 aliphatic rings. The Bertz CT molecular complexity index is 529. The summed E-state index contributed by atoms with van der Waals surface area (Å²) in [5.74, 6) is 1.79. The average Bonchev–Trinajstić information content (AvgIpc) is 2.55. The van der Waals surface area contributed by atoms with Gasteiger partial charge in [0.2, 0.25) is 5.91 Å². The first-order chi connectivity index (χ1) is 10.7. The first-order valence-corrected chi connectivity index (χ1v) is 7.78. The zero-order chi connectivity index (χ0) is 15.4. The highest BCUT2D eigenvalue weighted by Crippen LogP contribution is 2.30. The van der Waals surface area contributed by atoms with Crippen LogP contribution in [0.15, 0.2) is 18.2 Å². The fourth-order valence-electron chi connectivity index (χ4n) is 2.80. The number of benzene rings is 1. The maximum Gasteiger partial charge on any atom is 0.236 e. The predicted octanol–water partition coefficient (Wildman–Crippen LogP) is 0.321. The van der Waals surface area contributed by atoms with Crippen molar-refractivity contribution in [1.29, 1.82) is 0 Å². The van der Waals surface area contributed by atoms with E-state index in [1.54, 1.807) is 0 Å². The molecule has 6 heteroatoms. The van der Waals surface area contributed by atoms with Crippen LogP contribution < -0.4 is 14.8 Å². The van der Waals surface area contributed by atoms with Gasteiger partial charge in [-0.3, -0.25) is 9.69 Å².